The smallest absolute Gasteiger partial charge is 0.420 e. The van der Waals surface area contributed by atoms with Gasteiger partial charge >= 0.3 is 11.7 Å². The topological polar surface area (TPSA) is 61.4 Å². The zero-order chi connectivity index (χ0) is 16.5. The van der Waals surface area contributed by atoms with E-state index in [2.05, 4.69) is 0 Å². The molecule has 5 nitrogen and oxygen atoms in total. The first-order valence-corrected chi connectivity index (χ1v) is 8.04. The van der Waals surface area contributed by atoms with Gasteiger partial charge in [-0.3, -0.25) is 9.36 Å². The molecule has 0 saturated heterocycles. The number of oxazole rings is 1. The second-order valence-electron chi connectivity index (χ2n) is 6.01. The zero-order valence-electron chi connectivity index (χ0n) is 13.1. The number of aromatic nitrogens is 1. The van der Waals surface area contributed by atoms with Gasteiger partial charge in [-0.05, 0) is 30.0 Å². The number of fused-ring (bicyclic) bond motifs is 1. The van der Waals surface area contributed by atoms with Crippen LogP contribution in [0.15, 0.2) is 63.8 Å². The number of ether oxygens (including phenoxy) is 1. The third-order valence-electron chi connectivity index (χ3n) is 4.45. The van der Waals surface area contributed by atoms with Gasteiger partial charge in [0.05, 0.1) is 18.0 Å². The van der Waals surface area contributed by atoms with E-state index in [0.717, 1.165) is 6.42 Å². The van der Waals surface area contributed by atoms with E-state index < -0.39 is 5.76 Å². The van der Waals surface area contributed by atoms with Crippen molar-refractivity contribution in [1.82, 2.24) is 4.57 Å². The molecule has 1 saturated carbocycles. The Morgan fingerprint density at radius 2 is 1.88 bits per heavy atom. The molecule has 122 valence electrons. The van der Waals surface area contributed by atoms with E-state index >= 15 is 0 Å². The Morgan fingerprint density at radius 1 is 1.12 bits per heavy atom. The van der Waals surface area contributed by atoms with E-state index in [9.17, 15) is 9.59 Å². The van der Waals surface area contributed by atoms with Crippen LogP contribution in [0.1, 0.15) is 17.9 Å². The summed E-state index contributed by atoms with van der Waals surface area (Å²) in [5.74, 6) is -0.424. The lowest BCUT2D eigenvalue weighted by Crippen LogP contribution is -2.19. The molecule has 1 aliphatic carbocycles. The molecule has 3 aromatic rings. The molecule has 1 aliphatic rings. The van der Waals surface area contributed by atoms with Gasteiger partial charge in [-0.15, -0.1) is 0 Å². The molecule has 1 fully saturated rings. The molecule has 2 aromatic carbocycles. The molecule has 0 aliphatic heterocycles. The van der Waals surface area contributed by atoms with E-state index in [-0.39, 0.29) is 24.4 Å². The number of hydrogen-bond acceptors (Lipinski definition) is 4. The SMILES string of the molecule is O=C(OCCn1c(=O)oc2ccccc21)[C@H]1C[C@@H]1c1ccccc1. The van der Waals surface area contributed by atoms with Gasteiger partial charge in [0.25, 0.3) is 0 Å². The van der Waals surface area contributed by atoms with Crippen molar-refractivity contribution >= 4 is 17.1 Å². The van der Waals surface area contributed by atoms with Crippen LogP contribution in [0.2, 0.25) is 0 Å². The second-order valence-corrected chi connectivity index (χ2v) is 6.01. The van der Waals surface area contributed by atoms with Crippen LogP contribution in [-0.4, -0.2) is 17.1 Å². The van der Waals surface area contributed by atoms with Crippen LogP contribution in [0, 0.1) is 5.92 Å². The fourth-order valence-corrected chi connectivity index (χ4v) is 3.09. The molecule has 0 bridgehead atoms. The monoisotopic (exact) mass is 323 g/mol. The zero-order valence-corrected chi connectivity index (χ0v) is 13.1. The maximum Gasteiger partial charge on any atom is 0.420 e. The number of carbonyl (C=O) groups excluding carboxylic acids is 1. The predicted molar refractivity (Wildman–Crippen MR) is 88.7 cm³/mol. The number of rotatable bonds is 5. The third kappa shape index (κ3) is 2.73. The summed E-state index contributed by atoms with van der Waals surface area (Å²) in [6.07, 6.45) is 0.831. The predicted octanol–water partition coefficient (Wildman–Crippen LogP) is 2.94. The normalized spacial score (nSPS) is 19.3. The molecular formula is C19H17NO4. The van der Waals surface area contributed by atoms with Gasteiger partial charge < -0.3 is 9.15 Å². The molecule has 4 rings (SSSR count). The van der Waals surface area contributed by atoms with Gasteiger partial charge in [0.1, 0.15) is 6.61 Å². The van der Waals surface area contributed by atoms with Crippen molar-refractivity contribution in [2.24, 2.45) is 5.92 Å². The number of carbonyl (C=O) groups is 1. The molecule has 1 heterocycles. The number of esters is 1. The van der Waals surface area contributed by atoms with Gasteiger partial charge in [0, 0.05) is 0 Å². The van der Waals surface area contributed by atoms with Crippen LogP contribution < -0.4 is 5.76 Å². The largest absolute Gasteiger partial charge is 0.464 e. The first-order chi connectivity index (χ1) is 11.7. The second kappa shape index (κ2) is 6.00. The van der Waals surface area contributed by atoms with Crippen LogP contribution in [0.3, 0.4) is 0 Å². The Hall–Kier alpha value is -2.82. The molecule has 0 amide bonds. The van der Waals surface area contributed by atoms with Gasteiger partial charge in [0.15, 0.2) is 5.58 Å². The first kappa shape index (κ1) is 14.8. The molecule has 0 radical (unpaired) electrons. The van der Waals surface area contributed by atoms with Crippen LogP contribution in [-0.2, 0) is 16.1 Å². The molecule has 5 heteroatoms. The van der Waals surface area contributed by atoms with Crippen molar-refractivity contribution in [3.05, 3.63) is 70.7 Å². The standard InChI is InChI=1S/C19H17NO4/c21-18(15-12-14(15)13-6-2-1-3-7-13)23-11-10-20-16-8-4-5-9-17(16)24-19(20)22/h1-9,14-15H,10-12H2/t14-,15+/m1/s1. The minimum atomic E-state index is -0.430. The van der Waals surface area contributed by atoms with E-state index in [1.807, 2.05) is 48.5 Å². The van der Waals surface area contributed by atoms with E-state index in [0.29, 0.717) is 17.6 Å². The van der Waals surface area contributed by atoms with E-state index in [1.165, 1.54) is 10.1 Å². The minimum absolute atomic E-state index is 0.0646. The van der Waals surface area contributed by atoms with Crippen molar-refractivity contribution in [3.8, 4) is 0 Å². The van der Waals surface area contributed by atoms with Gasteiger partial charge in [-0.2, -0.15) is 0 Å². The highest BCUT2D eigenvalue weighted by atomic mass is 16.5. The molecule has 1 aromatic heterocycles. The first-order valence-electron chi connectivity index (χ1n) is 8.04. The average molecular weight is 323 g/mol. The van der Waals surface area contributed by atoms with Crippen molar-refractivity contribution in [2.45, 2.75) is 18.9 Å². The summed E-state index contributed by atoms with van der Waals surface area (Å²) in [6.45, 7) is 0.463. The van der Waals surface area contributed by atoms with Crippen LogP contribution in [0.4, 0.5) is 0 Å². The quantitative estimate of drug-likeness (QED) is 0.677. The number of para-hydroxylation sites is 2. The van der Waals surface area contributed by atoms with Crippen LogP contribution >= 0.6 is 0 Å². The maximum atomic E-state index is 12.1. The highest BCUT2D eigenvalue weighted by Crippen LogP contribution is 2.47. The summed E-state index contributed by atoms with van der Waals surface area (Å²) in [7, 11) is 0. The van der Waals surface area contributed by atoms with E-state index in [4.69, 9.17) is 9.15 Å². The molecule has 24 heavy (non-hydrogen) atoms. The highest BCUT2D eigenvalue weighted by molar-refractivity contribution is 5.77. The fourth-order valence-electron chi connectivity index (χ4n) is 3.09. The summed E-state index contributed by atoms with van der Waals surface area (Å²) in [5.41, 5.74) is 2.43. The fraction of sp³-hybridized carbons (Fsp3) is 0.263. The third-order valence-corrected chi connectivity index (χ3v) is 4.45. The van der Waals surface area contributed by atoms with Crippen molar-refractivity contribution in [2.75, 3.05) is 6.61 Å². The van der Waals surface area contributed by atoms with E-state index in [1.54, 1.807) is 6.07 Å². The summed E-state index contributed by atoms with van der Waals surface area (Å²) in [5, 5.41) is 0. The van der Waals surface area contributed by atoms with Crippen molar-refractivity contribution in [1.29, 1.82) is 0 Å². The summed E-state index contributed by atoms with van der Waals surface area (Å²) in [4.78, 5) is 24.0. The Morgan fingerprint density at radius 3 is 2.71 bits per heavy atom. The number of benzene rings is 2. The average Bonchev–Trinajstić information content (AvgIpc) is 3.35. The molecule has 0 spiro atoms. The van der Waals surface area contributed by atoms with Crippen LogP contribution in [0.25, 0.3) is 11.1 Å². The lowest BCUT2D eigenvalue weighted by atomic mass is 10.1. The molecule has 2 atom stereocenters. The van der Waals surface area contributed by atoms with Gasteiger partial charge in [-0.25, -0.2) is 4.79 Å². The lowest BCUT2D eigenvalue weighted by molar-refractivity contribution is -0.145. The van der Waals surface area contributed by atoms with Crippen molar-refractivity contribution in [3.63, 3.8) is 0 Å². The summed E-state index contributed by atoms with van der Waals surface area (Å²) >= 11 is 0. The molecule has 0 N–H and O–H groups in total. The van der Waals surface area contributed by atoms with Crippen LogP contribution in [0.5, 0.6) is 0 Å². The Balaban J connectivity index is 1.35. The lowest BCUT2D eigenvalue weighted by Gasteiger charge is -2.05. The minimum Gasteiger partial charge on any atom is -0.464 e. The maximum absolute atomic E-state index is 12.1. The van der Waals surface area contributed by atoms with Gasteiger partial charge in [-0.1, -0.05) is 42.5 Å². The summed E-state index contributed by atoms with van der Waals surface area (Å²) in [6, 6.07) is 17.2. The van der Waals surface area contributed by atoms with Crippen molar-refractivity contribution < 1.29 is 13.9 Å². The summed E-state index contributed by atoms with van der Waals surface area (Å²) < 4.78 is 12.0. The molecule has 0 unspecified atom stereocenters. The molecular weight excluding hydrogens is 306 g/mol. The number of hydrogen-bond donors (Lipinski definition) is 0. The Bertz CT molecular complexity index is 925. The Kier molecular flexibility index (Phi) is 3.69. The number of nitrogens with zero attached hydrogens (tertiary/aromatic N) is 1. The highest BCUT2D eigenvalue weighted by Gasteiger charge is 2.45. The Labute approximate surface area is 138 Å². The van der Waals surface area contributed by atoms with Gasteiger partial charge in [0.2, 0.25) is 0 Å².